The molecule has 3 unspecified atom stereocenters. The third kappa shape index (κ3) is 3.76. The van der Waals surface area contributed by atoms with Crippen molar-refractivity contribution >= 4 is 23.4 Å². The van der Waals surface area contributed by atoms with Crippen molar-refractivity contribution in [3.63, 3.8) is 0 Å². The molecule has 18 heavy (non-hydrogen) atoms. The minimum absolute atomic E-state index is 0.0465. The number of rotatable bonds is 4. The summed E-state index contributed by atoms with van der Waals surface area (Å²) in [6.07, 6.45) is 6.24. The SMILES string of the molecule is CC(N)N(N)C1CSCC1CC1CCC(Cl)CC1. The average Bonchev–Trinajstić information content (AvgIpc) is 2.79. The smallest absolute Gasteiger partial charge is 0.0680 e. The third-order valence-corrected chi connectivity index (χ3v) is 6.11. The van der Waals surface area contributed by atoms with Gasteiger partial charge in [-0.1, -0.05) is 0 Å². The number of hydrogen-bond acceptors (Lipinski definition) is 4. The molecule has 1 aliphatic carbocycles. The molecule has 0 radical (unpaired) electrons. The second-order valence-corrected chi connectivity index (χ2v) is 7.60. The van der Waals surface area contributed by atoms with Crippen LogP contribution >= 0.6 is 23.4 Å². The Balaban J connectivity index is 1.84. The molecule has 4 N–H and O–H groups in total. The largest absolute Gasteiger partial charge is 0.315 e. The van der Waals surface area contributed by atoms with Gasteiger partial charge in [-0.25, -0.2) is 5.01 Å². The Bertz CT molecular complexity index is 257. The number of halogens is 1. The molecule has 3 nitrogen and oxygen atoms in total. The number of hydrazine groups is 1. The molecule has 1 saturated heterocycles. The zero-order valence-electron chi connectivity index (χ0n) is 11.2. The van der Waals surface area contributed by atoms with Crippen LogP contribution < -0.4 is 11.6 Å². The van der Waals surface area contributed by atoms with E-state index in [0.717, 1.165) is 11.7 Å². The van der Waals surface area contributed by atoms with Crippen LogP contribution in [0.5, 0.6) is 0 Å². The molecule has 1 heterocycles. The van der Waals surface area contributed by atoms with Crippen molar-refractivity contribution in [2.45, 2.75) is 56.6 Å². The van der Waals surface area contributed by atoms with Crippen LogP contribution in [0.25, 0.3) is 0 Å². The fourth-order valence-electron chi connectivity index (χ4n) is 3.23. The molecule has 106 valence electrons. The van der Waals surface area contributed by atoms with Gasteiger partial charge in [-0.05, 0) is 56.6 Å². The lowest BCUT2D eigenvalue weighted by Crippen LogP contribution is -2.53. The molecule has 0 bridgehead atoms. The van der Waals surface area contributed by atoms with Crippen LogP contribution in [-0.4, -0.2) is 34.1 Å². The summed E-state index contributed by atoms with van der Waals surface area (Å²) in [5, 5.41) is 2.29. The molecule has 1 saturated carbocycles. The summed E-state index contributed by atoms with van der Waals surface area (Å²) in [6, 6.07) is 0.462. The van der Waals surface area contributed by atoms with Gasteiger partial charge in [-0.3, -0.25) is 5.84 Å². The Kier molecular flexibility index (Phi) is 5.63. The number of alkyl halides is 1. The van der Waals surface area contributed by atoms with Crippen LogP contribution in [0, 0.1) is 11.8 Å². The lowest BCUT2D eigenvalue weighted by molar-refractivity contribution is 0.115. The summed E-state index contributed by atoms with van der Waals surface area (Å²) in [7, 11) is 0. The topological polar surface area (TPSA) is 55.3 Å². The van der Waals surface area contributed by atoms with E-state index < -0.39 is 0 Å². The monoisotopic (exact) mass is 291 g/mol. The number of nitrogens with two attached hydrogens (primary N) is 2. The number of hydrogen-bond donors (Lipinski definition) is 2. The van der Waals surface area contributed by atoms with E-state index in [1.807, 2.05) is 23.7 Å². The fraction of sp³-hybridized carbons (Fsp3) is 1.00. The van der Waals surface area contributed by atoms with Crippen LogP contribution in [0.15, 0.2) is 0 Å². The van der Waals surface area contributed by atoms with Crippen LogP contribution in [0.4, 0.5) is 0 Å². The lowest BCUT2D eigenvalue weighted by Gasteiger charge is -2.34. The number of nitrogens with zero attached hydrogens (tertiary/aromatic N) is 1. The van der Waals surface area contributed by atoms with E-state index in [4.69, 9.17) is 23.2 Å². The zero-order chi connectivity index (χ0) is 13.1. The van der Waals surface area contributed by atoms with E-state index in [2.05, 4.69) is 0 Å². The molecule has 2 rings (SSSR count). The van der Waals surface area contributed by atoms with Crippen LogP contribution in [-0.2, 0) is 0 Å². The Hall–Kier alpha value is 0.520. The molecule has 2 aliphatic rings. The minimum atomic E-state index is -0.0465. The van der Waals surface area contributed by atoms with Gasteiger partial charge in [-0.2, -0.15) is 11.8 Å². The highest BCUT2D eigenvalue weighted by molar-refractivity contribution is 7.99. The summed E-state index contributed by atoms with van der Waals surface area (Å²) in [5.41, 5.74) is 5.90. The van der Waals surface area contributed by atoms with E-state index in [9.17, 15) is 0 Å². The first kappa shape index (κ1) is 14.9. The van der Waals surface area contributed by atoms with Gasteiger partial charge in [-0.15, -0.1) is 11.6 Å². The molecule has 0 aromatic rings. The predicted octanol–water partition coefficient (Wildman–Crippen LogP) is 2.39. The first-order chi connectivity index (χ1) is 8.58. The van der Waals surface area contributed by atoms with Crippen molar-refractivity contribution in [1.82, 2.24) is 5.01 Å². The third-order valence-electron chi connectivity index (χ3n) is 4.43. The van der Waals surface area contributed by atoms with E-state index in [-0.39, 0.29) is 6.17 Å². The van der Waals surface area contributed by atoms with Crippen molar-refractivity contribution in [1.29, 1.82) is 0 Å². The van der Waals surface area contributed by atoms with Crippen molar-refractivity contribution in [3.8, 4) is 0 Å². The normalized spacial score (nSPS) is 39.2. The van der Waals surface area contributed by atoms with Gasteiger partial charge < -0.3 is 5.73 Å². The zero-order valence-corrected chi connectivity index (χ0v) is 12.8. The predicted molar refractivity (Wildman–Crippen MR) is 80.5 cm³/mol. The minimum Gasteiger partial charge on any atom is -0.315 e. The first-order valence-corrected chi connectivity index (χ1v) is 8.67. The molecular formula is C13H26ClN3S. The Morgan fingerprint density at radius 1 is 1.28 bits per heavy atom. The Morgan fingerprint density at radius 3 is 2.56 bits per heavy atom. The van der Waals surface area contributed by atoms with E-state index in [1.165, 1.54) is 37.9 Å². The highest BCUT2D eigenvalue weighted by atomic mass is 35.5. The number of thioether (sulfide) groups is 1. The molecule has 1 aliphatic heterocycles. The quantitative estimate of drug-likeness (QED) is 0.361. The molecule has 0 spiro atoms. The lowest BCUT2D eigenvalue weighted by atomic mass is 9.81. The van der Waals surface area contributed by atoms with Gasteiger partial charge in [0.05, 0.1) is 6.17 Å². The van der Waals surface area contributed by atoms with Gasteiger partial charge in [0.25, 0.3) is 0 Å². The van der Waals surface area contributed by atoms with Crippen LogP contribution in [0.1, 0.15) is 39.0 Å². The molecule has 0 aromatic heterocycles. The molecule has 0 aromatic carbocycles. The van der Waals surface area contributed by atoms with Crippen molar-refractivity contribution in [2.75, 3.05) is 11.5 Å². The van der Waals surface area contributed by atoms with Gasteiger partial charge in [0.2, 0.25) is 0 Å². The standard InChI is InChI=1S/C13H26ClN3S/c1-9(15)17(16)13-8-18-7-11(13)6-10-2-4-12(14)5-3-10/h9-13H,2-8,15-16H2,1H3. The summed E-state index contributed by atoms with van der Waals surface area (Å²) in [4.78, 5) is 0. The average molecular weight is 292 g/mol. The highest BCUT2D eigenvalue weighted by Crippen LogP contribution is 2.37. The Labute approximate surface area is 120 Å². The summed E-state index contributed by atoms with van der Waals surface area (Å²) < 4.78 is 0. The maximum absolute atomic E-state index is 6.17. The summed E-state index contributed by atoms with van der Waals surface area (Å²) in [6.45, 7) is 1.97. The first-order valence-electron chi connectivity index (χ1n) is 7.08. The highest BCUT2D eigenvalue weighted by Gasteiger charge is 2.34. The van der Waals surface area contributed by atoms with E-state index in [0.29, 0.717) is 17.3 Å². The van der Waals surface area contributed by atoms with Gasteiger partial charge in [0.1, 0.15) is 0 Å². The van der Waals surface area contributed by atoms with Crippen molar-refractivity contribution in [3.05, 3.63) is 0 Å². The molecule has 2 fully saturated rings. The molecule has 5 heteroatoms. The van der Waals surface area contributed by atoms with Gasteiger partial charge in [0, 0.05) is 17.2 Å². The maximum atomic E-state index is 6.17. The molecule has 0 amide bonds. The fourth-order valence-corrected chi connectivity index (χ4v) is 4.96. The Morgan fingerprint density at radius 2 is 1.94 bits per heavy atom. The van der Waals surface area contributed by atoms with Crippen LogP contribution in [0.3, 0.4) is 0 Å². The second-order valence-electron chi connectivity index (χ2n) is 5.91. The maximum Gasteiger partial charge on any atom is 0.0680 e. The van der Waals surface area contributed by atoms with Crippen molar-refractivity contribution < 1.29 is 0 Å². The van der Waals surface area contributed by atoms with E-state index >= 15 is 0 Å². The van der Waals surface area contributed by atoms with Gasteiger partial charge >= 0.3 is 0 Å². The summed E-state index contributed by atoms with van der Waals surface area (Å²) >= 11 is 8.19. The molecular weight excluding hydrogens is 266 g/mol. The van der Waals surface area contributed by atoms with E-state index in [1.54, 1.807) is 0 Å². The van der Waals surface area contributed by atoms with Crippen LogP contribution in [0.2, 0.25) is 0 Å². The second kappa shape index (κ2) is 6.80. The summed E-state index contributed by atoms with van der Waals surface area (Å²) in [5.74, 6) is 10.1. The van der Waals surface area contributed by atoms with Crippen molar-refractivity contribution in [2.24, 2.45) is 23.4 Å². The molecule has 3 atom stereocenters. The van der Waals surface area contributed by atoms with Gasteiger partial charge in [0.15, 0.2) is 0 Å².